The summed E-state index contributed by atoms with van der Waals surface area (Å²) in [6.07, 6.45) is 1.74. The molecule has 0 aromatic heterocycles. The Morgan fingerprint density at radius 3 is 2.80 bits per heavy atom. The van der Waals surface area contributed by atoms with E-state index in [-0.39, 0.29) is 12.7 Å². The Bertz CT molecular complexity index is 115. The van der Waals surface area contributed by atoms with Crippen LogP contribution in [0, 0.1) is 0 Å². The van der Waals surface area contributed by atoms with E-state index in [9.17, 15) is 0 Å². The zero-order valence-electron chi connectivity index (χ0n) is 6.46. The minimum Gasteiger partial charge on any atom is -0.394 e. The zero-order chi connectivity index (χ0) is 7.61. The molecule has 0 aromatic rings. The molecular weight excluding hydrogens is 132 g/mol. The molecule has 2 unspecified atom stereocenters. The maximum atomic E-state index is 8.71. The molecule has 0 bridgehead atoms. The third-order valence-corrected chi connectivity index (χ3v) is 1.97. The third kappa shape index (κ3) is 1.48. The van der Waals surface area contributed by atoms with E-state index >= 15 is 0 Å². The first kappa shape index (κ1) is 7.98. The van der Waals surface area contributed by atoms with Gasteiger partial charge in [0.05, 0.1) is 12.7 Å². The molecule has 3 heteroatoms. The van der Waals surface area contributed by atoms with Crippen molar-refractivity contribution in [3.05, 3.63) is 0 Å². The van der Waals surface area contributed by atoms with E-state index in [2.05, 4.69) is 0 Å². The number of methoxy groups -OCH3 is 1. The van der Waals surface area contributed by atoms with Gasteiger partial charge in [0.15, 0.2) is 5.79 Å². The average Bonchev–Trinajstić information content (AvgIpc) is 2.33. The van der Waals surface area contributed by atoms with Crippen molar-refractivity contribution in [3.63, 3.8) is 0 Å². The lowest BCUT2D eigenvalue weighted by Gasteiger charge is -2.22. The van der Waals surface area contributed by atoms with Crippen LogP contribution in [0.15, 0.2) is 0 Å². The van der Waals surface area contributed by atoms with Gasteiger partial charge in [-0.05, 0) is 13.3 Å². The second-order valence-corrected chi connectivity index (χ2v) is 2.80. The normalized spacial score (nSPS) is 40.5. The highest BCUT2D eigenvalue weighted by atomic mass is 16.7. The third-order valence-electron chi connectivity index (χ3n) is 1.97. The van der Waals surface area contributed by atoms with Crippen molar-refractivity contribution in [2.45, 2.75) is 31.7 Å². The molecule has 0 saturated carbocycles. The van der Waals surface area contributed by atoms with E-state index in [1.807, 2.05) is 6.92 Å². The van der Waals surface area contributed by atoms with Crippen molar-refractivity contribution in [2.24, 2.45) is 0 Å². The molecule has 1 aliphatic rings. The summed E-state index contributed by atoms with van der Waals surface area (Å²) in [5.74, 6) is -0.451. The van der Waals surface area contributed by atoms with E-state index < -0.39 is 5.79 Å². The minimum absolute atomic E-state index is 0.0232. The molecule has 3 nitrogen and oxygen atoms in total. The Hall–Kier alpha value is -0.120. The van der Waals surface area contributed by atoms with Crippen LogP contribution in [0.25, 0.3) is 0 Å². The molecule has 2 atom stereocenters. The smallest absolute Gasteiger partial charge is 0.165 e. The van der Waals surface area contributed by atoms with Gasteiger partial charge in [0.1, 0.15) is 0 Å². The first-order valence-corrected chi connectivity index (χ1v) is 3.54. The molecule has 1 rings (SSSR count). The largest absolute Gasteiger partial charge is 0.394 e. The Kier molecular flexibility index (Phi) is 2.28. The SMILES string of the molecule is COC1(C)CCC(CO)O1. The molecule has 1 saturated heterocycles. The first-order chi connectivity index (χ1) is 4.70. The van der Waals surface area contributed by atoms with Gasteiger partial charge in [0.2, 0.25) is 0 Å². The number of aliphatic hydroxyl groups is 1. The summed E-state index contributed by atoms with van der Waals surface area (Å²) < 4.78 is 10.5. The fourth-order valence-electron chi connectivity index (χ4n) is 1.17. The maximum absolute atomic E-state index is 8.71. The summed E-state index contributed by atoms with van der Waals surface area (Å²) in [4.78, 5) is 0. The molecule has 60 valence electrons. The molecule has 0 aromatic carbocycles. The summed E-state index contributed by atoms with van der Waals surface area (Å²) >= 11 is 0. The molecular formula is C7H14O3. The fourth-order valence-corrected chi connectivity index (χ4v) is 1.17. The fraction of sp³-hybridized carbons (Fsp3) is 1.00. The van der Waals surface area contributed by atoms with Gasteiger partial charge in [0, 0.05) is 13.5 Å². The topological polar surface area (TPSA) is 38.7 Å². The zero-order valence-corrected chi connectivity index (χ0v) is 6.46. The van der Waals surface area contributed by atoms with Gasteiger partial charge in [-0.15, -0.1) is 0 Å². The summed E-state index contributed by atoms with van der Waals surface area (Å²) in [6, 6.07) is 0. The Balaban J connectivity index is 2.41. The molecule has 10 heavy (non-hydrogen) atoms. The number of hydrogen-bond donors (Lipinski definition) is 1. The predicted octanol–water partition coefficient (Wildman–Crippen LogP) is 0.520. The lowest BCUT2D eigenvalue weighted by atomic mass is 10.2. The van der Waals surface area contributed by atoms with Crippen molar-refractivity contribution in [3.8, 4) is 0 Å². The van der Waals surface area contributed by atoms with E-state index in [1.165, 1.54) is 0 Å². The van der Waals surface area contributed by atoms with Gasteiger partial charge in [-0.3, -0.25) is 0 Å². The average molecular weight is 146 g/mol. The lowest BCUT2D eigenvalue weighted by Crippen LogP contribution is -2.27. The molecule has 0 spiro atoms. The Labute approximate surface area is 60.9 Å². The highest BCUT2D eigenvalue weighted by Gasteiger charge is 2.35. The maximum Gasteiger partial charge on any atom is 0.165 e. The summed E-state index contributed by atoms with van der Waals surface area (Å²) in [5.41, 5.74) is 0. The Morgan fingerprint density at radius 2 is 2.50 bits per heavy atom. The van der Waals surface area contributed by atoms with Crippen LogP contribution in [0.3, 0.4) is 0 Å². The van der Waals surface area contributed by atoms with Crippen LogP contribution in [-0.4, -0.2) is 30.7 Å². The van der Waals surface area contributed by atoms with Crippen LogP contribution in [0.1, 0.15) is 19.8 Å². The van der Waals surface area contributed by atoms with Crippen LogP contribution in [0.5, 0.6) is 0 Å². The predicted molar refractivity (Wildman–Crippen MR) is 36.6 cm³/mol. The summed E-state index contributed by atoms with van der Waals surface area (Å²) in [5, 5.41) is 8.71. The van der Waals surface area contributed by atoms with Gasteiger partial charge >= 0.3 is 0 Å². The minimum atomic E-state index is -0.451. The van der Waals surface area contributed by atoms with Crippen molar-refractivity contribution in [1.82, 2.24) is 0 Å². The summed E-state index contributed by atoms with van der Waals surface area (Å²) in [7, 11) is 1.62. The highest BCUT2D eigenvalue weighted by Crippen LogP contribution is 2.29. The van der Waals surface area contributed by atoms with Gasteiger partial charge < -0.3 is 14.6 Å². The molecule has 1 heterocycles. The van der Waals surface area contributed by atoms with Crippen LogP contribution >= 0.6 is 0 Å². The molecule has 1 fully saturated rings. The number of aliphatic hydroxyl groups excluding tert-OH is 1. The second kappa shape index (κ2) is 2.86. The number of ether oxygens (including phenoxy) is 2. The first-order valence-electron chi connectivity index (χ1n) is 3.54. The van der Waals surface area contributed by atoms with Gasteiger partial charge in [0.25, 0.3) is 0 Å². The van der Waals surface area contributed by atoms with Crippen molar-refractivity contribution in [2.75, 3.05) is 13.7 Å². The Morgan fingerprint density at radius 1 is 1.80 bits per heavy atom. The van der Waals surface area contributed by atoms with Crippen LogP contribution < -0.4 is 0 Å². The number of hydrogen-bond acceptors (Lipinski definition) is 3. The van der Waals surface area contributed by atoms with E-state index in [1.54, 1.807) is 7.11 Å². The van der Waals surface area contributed by atoms with Gasteiger partial charge in [-0.25, -0.2) is 0 Å². The lowest BCUT2D eigenvalue weighted by molar-refractivity contribution is -0.203. The van der Waals surface area contributed by atoms with Crippen molar-refractivity contribution in [1.29, 1.82) is 0 Å². The van der Waals surface area contributed by atoms with Gasteiger partial charge in [-0.1, -0.05) is 0 Å². The van der Waals surface area contributed by atoms with Crippen molar-refractivity contribution >= 4 is 0 Å². The standard InChI is InChI=1S/C7H14O3/c1-7(9-2)4-3-6(5-8)10-7/h6,8H,3-5H2,1-2H3. The second-order valence-electron chi connectivity index (χ2n) is 2.80. The van der Waals surface area contributed by atoms with Gasteiger partial charge in [-0.2, -0.15) is 0 Å². The quantitative estimate of drug-likeness (QED) is 0.617. The highest BCUT2D eigenvalue weighted by molar-refractivity contribution is 4.76. The monoisotopic (exact) mass is 146 g/mol. The van der Waals surface area contributed by atoms with Crippen LogP contribution in [0.2, 0.25) is 0 Å². The van der Waals surface area contributed by atoms with E-state index in [0.717, 1.165) is 12.8 Å². The van der Waals surface area contributed by atoms with Crippen LogP contribution in [-0.2, 0) is 9.47 Å². The van der Waals surface area contributed by atoms with E-state index in [4.69, 9.17) is 14.6 Å². The van der Waals surface area contributed by atoms with E-state index in [0.29, 0.717) is 0 Å². The number of rotatable bonds is 2. The molecule has 1 N–H and O–H groups in total. The van der Waals surface area contributed by atoms with Crippen LogP contribution in [0.4, 0.5) is 0 Å². The molecule has 0 amide bonds. The molecule has 0 radical (unpaired) electrons. The summed E-state index contributed by atoms with van der Waals surface area (Å²) in [6.45, 7) is 1.99. The molecule has 1 aliphatic heterocycles. The van der Waals surface area contributed by atoms with Crippen molar-refractivity contribution < 1.29 is 14.6 Å². The molecule has 0 aliphatic carbocycles.